The van der Waals surface area contributed by atoms with Crippen molar-refractivity contribution >= 4 is 23.8 Å². The number of halogens is 1. The lowest BCUT2D eigenvalue weighted by Crippen LogP contribution is -1.95. The maximum absolute atomic E-state index is 5.31. The Labute approximate surface area is 82.7 Å². The molecule has 0 aliphatic carbocycles. The molecule has 62 valence electrons. The quantitative estimate of drug-likeness (QED) is 0.565. The van der Waals surface area contributed by atoms with Crippen LogP contribution in [0.3, 0.4) is 0 Å². The van der Waals surface area contributed by atoms with Crippen molar-refractivity contribution in [3.63, 3.8) is 0 Å². The van der Waals surface area contributed by atoms with Crippen molar-refractivity contribution in [2.24, 2.45) is 0 Å². The summed E-state index contributed by atoms with van der Waals surface area (Å²) in [6, 6.07) is 7.96. The van der Waals surface area contributed by atoms with Crippen LogP contribution < -0.4 is 4.74 Å². The Bertz CT molecular complexity index is 222. The average Bonchev–Trinajstić information content (AvgIpc) is 2.15. The molecule has 0 N–H and O–H groups in total. The largest absolute Gasteiger partial charge is 0.494 e. The van der Waals surface area contributed by atoms with E-state index in [0.29, 0.717) is 12.9 Å². The van der Waals surface area contributed by atoms with Gasteiger partial charge in [-0.2, -0.15) is 0 Å². The number of hydrogen-bond acceptors (Lipinski definition) is 1. The molecule has 1 nitrogen and oxygen atoms in total. The molecule has 0 unspecified atom stereocenters. The van der Waals surface area contributed by atoms with Crippen LogP contribution in [0.5, 0.6) is 5.75 Å². The van der Waals surface area contributed by atoms with E-state index in [1.807, 2.05) is 24.3 Å². The third kappa shape index (κ3) is 2.90. The van der Waals surface area contributed by atoms with Gasteiger partial charge in [-0.25, -0.2) is 0 Å². The highest BCUT2D eigenvalue weighted by Crippen LogP contribution is 2.13. The first-order valence-electron chi connectivity index (χ1n) is 3.84. The summed E-state index contributed by atoms with van der Waals surface area (Å²) in [5, 5.41) is 0.879. The molecule has 0 saturated heterocycles. The first-order valence-corrected chi connectivity index (χ1v) is 4.96. The average molecular weight is 225 g/mol. The van der Waals surface area contributed by atoms with Crippen molar-refractivity contribution in [1.29, 1.82) is 0 Å². The van der Waals surface area contributed by atoms with Crippen molar-refractivity contribution in [2.45, 2.75) is 11.7 Å². The normalized spacial score (nSPS) is 9.75. The summed E-state index contributed by atoms with van der Waals surface area (Å²) in [7, 11) is 5.30. The molecule has 12 heavy (non-hydrogen) atoms. The molecule has 1 rings (SSSR count). The maximum Gasteiger partial charge on any atom is 0.119 e. The van der Waals surface area contributed by atoms with E-state index in [9.17, 15) is 0 Å². The van der Waals surface area contributed by atoms with Crippen LogP contribution in [0.4, 0.5) is 0 Å². The van der Waals surface area contributed by atoms with Gasteiger partial charge in [0, 0.05) is 5.33 Å². The van der Waals surface area contributed by atoms with Crippen molar-refractivity contribution < 1.29 is 4.74 Å². The van der Waals surface area contributed by atoms with E-state index in [1.54, 1.807) is 0 Å². The van der Waals surface area contributed by atoms with Gasteiger partial charge in [-0.1, -0.05) is 34.4 Å². The van der Waals surface area contributed by atoms with Gasteiger partial charge in [-0.05, 0) is 17.7 Å². The van der Waals surface area contributed by atoms with E-state index >= 15 is 0 Å². The predicted molar refractivity (Wildman–Crippen MR) is 55.1 cm³/mol. The van der Waals surface area contributed by atoms with Crippen molar-refractivity contribution in [2.75, 3.05) is 6.61 Å². The van der Waals surface area contributed by atoms with Crippen LogP contribution in [0.2, 0.25) is 6.32 Å². The molecule has 0 aromatic heterocycles. The van der Waals surface area contributed by atoms with Crippen LogP contribution in [0.15, 0.2) is 24.3 Å². The van der Waals surface area contributed by atoms with Crippen LogP contribution in [0.25, 0.3) is 0 Å². The third-order valence-electron chi connectivity index (χ3n) is 1.46. The second-order valence-electron chi connectivity index (χ2n) is 2.41. The van der Waals surface area contributed by atoms with Crippen LogP contribution in [-0.2, 0) is 5.33 Å². The molecule has 0 saturated carbocycles. The van der Waals surface area contributed by atoms with Gasteiger partial charge in [0.05, 0.1) is 14.5 Å². The summed E-state index contributed by atoms with van der Waals surface area (Å²) < 4.78 is 5.31. The van der Waals surface area contributed by atoms with Crippen LogP contribution in [0.1, 0.15) is 5.56 Å². The lowest BCUT2D eigenvalue weighted by molar-refractivity contribution is 0.340. The fourth-order valence-electron chi connectivity index (χ4n) is 0.852. The summed E-state index contributed by atoms with van der Waals surface area (Å²) in [6.07, 6.45) is 0.556. The first kappa shape index (κ1) is 9.65. The zero-order valence-electron chi connectivity index (χ0n) is 6.79. The Kier molecular flexibility index (Phi) is 4.22. The highest BCUT2D eigenvalue weighted by atomic mass is 79.9. The molecule has 0 heterocycles. The summed E-state index contributed by atoms with van der Waals surface area (Å²) in [6.45, 7) is 0.577. The van der Waals surface area contributed by atoms with Gasteiger partial charge in [0.1, 0.15) is 5.75 Å². The second kappa shape index (κ2) is 5.25. The second-order valence-corrected chi connectivity index (χ2v) is 2.98. The highest BCUT2D eigenvalue weighted by Gasteiger charge is 1.92. The minimum atomic E-state index is 0.556. The molecule has 1 aromatic carbocycles. The van der Waals surface area contributed by atoms with Gasteiger partial charge in [0.25, 0.3) is 0 Å². The Morgan fingerprint density at radius 3 is 2.42 bits per heavy atom. The lowest BCUT2D eigenvalue weighted by Gasteiger charge is -2.04. The van der Waals surface area contributed by atoms with Gasteiger partial charge in [-0.3, -0.25) is 0 Å². The number of alkyl halides is 1. The van der Waals surface area contributed by atoms with Crippen LogP contribution in [-0.4, -0.2) is 14.5 Å². The van der Waals surface area contributed by atoms with Crippen molar-refractivity contribution in [1.82, 2.24) is 0 Å². The van der Waals surface area contributed by atoms with Crippen molar-refractivity contribution in [3.05, 3.63) is 29.8 Å². The molecule has 2 radical (unpaired) electrons. The minimum absolute atomic E-state index is 0.556. The fourth-order valence-corrected chi connectivity index (χ4v) is 1.23. The minimum Gasteiger partial charge on any atom is -0.494 e. The van der Waals surface area contributed by atoms with E-state index in [-0.39, 0.29) is 0 Å². The predicted octanol–water partition coefficient (Wildman–Crippen LogP) is 2.55. The zero-order valence-corrected chi connectivity index (χ0v) is 8.38. The van der Waals surface area contributed by atoms with Gasteiger partial charge in [0.2, 0.25) is 0 Å². The van der Waals surface area contributed by atoms with E-state index in [0.717, 1.165) is 11.1 Å². The topological polar surface area (TPSA) is 9.23 Å². The van der Waals surface area contributed by atoms with E-state index < -0.39 is 0 Å². The monoisotopic (exact) mass is 224 g/mol. The summed E-state index contributed by atoms with van der Waals surface area (Å²) >= 11 is 3.37. The van der Waals surface area contributed by atoms with Gasteiger partial charge < -0.3 is 4.74 Å². The van der Waals surface area contributed by atoms with Gasteiger partial charge in [0.15, 0.2) is 0 Å². The molecule has 0 spiro atoms. The van der Waals surface area contributed by atoms with Gasteiger partial charge in [-0.15, -0.1) is 0 Å². The molecule has 0 amide bonds. The standard InChI is InChI=1S/C9H10BBrO/c10-5-6-12-9-3-1-8(7-11)2-4-9/h1-4H,5-7H2. The molecular formula is C9H10BBrO. The smallest absolute Gasteiger partial charge is 0.119 e. The zero-order chi connectivity index (χ0) is 8.81. The van der Waals surface area contributed by atoms with Crippen LogP contribution in [0, 0.1) is 0 Å². The molecule has 0 fully saturated rings. The highest BCUT2D eigenvalue weighted by molar-refractivity contribution is 9.08. The maximum atomic E-state index is 5.31. The number of benzene rings is 1. The van der Waals surface area contributed by atoms with Crippen LogP contribution >= 0.6 is 15.9 Å². The van der Waals surface area contributed by atoms with E-state index in [2.05, 4.69) is 15.9 Å². The first-order chi connectivity index (χ1) is 5.86. The summed E-state index contributed by atoms with van der Waals surface area (Å²) in [5.74, 6) is 0.880. The van der Waals surface area contributed by atoms with Crippen molar-refractivity contribution in [3.8, 4) is 5.75 Å². The lowest BCUT2D eigenvalue weighted by atomic mass is 10.1. The fraction of sp³-hybridized carbons (Fsp3) is 0.333. The summed E-state index contributed by atoms with van der Waals surface area (Å²) in [4.78, 5) is 0. The van der Waals surface area contributed by atoms with E-state index in [4.69, 9.17) is 12.6 Å². The molecule has 0 aliphatic heterocycles. The third-order valence-corrected chi connectivity index (χ3v) is 2.11. The Hall–Kier alpha value is -0.435. The molecular weight excluding hydrogens is 215 g/mol. The number of rotatable bonds is 4. The Morgan fingerprint density at radius 2 is 1.92 bits per heavy atom. The number of ether oxygens (including phenoxy) is 1. The van der Waals surface area contributed by atoms with Gasteiger partial charge >= 0.3 is 0 Å². The molecule has 3 heteroatoms. The Balaban J connectivity index is 2.53. The molecule has 0 aliphatic rings. The molecule has 1 aromatic rings. The van der Waals surface area contributed by atoms with E-state index in [1.165, 1.54) is 5.56 Å². The number of hydrogen-bond donors (Lipinski definition) is 0. The molecule has 0 bridgehead atoms. The Morgan fingerprint density at radius 1 is 1.25 bits per heavy atom. The summed E-state index contributed by atoms with van der Waals surface area (Å²) in [5.41, 5.74) is 1.25. The molecule has 0 atom stereocenters. The SMILES string of the molecule is [B]CCOc1ccc(CBr)cc1.